The van der Waals surface area contributed by atoms with Crippen LogP contribution >= 0.6 is 0 Å². The second kappa shape index (κ2) is 7.79. The highest BCUT2D eigenvalue weighted by molar-refractivity contribution is 7.91. The van der Waals surface area contributed by atoms with Crippen LogP contribution in [0.5, 0.6) is 0 Å². The Morgan fingerprint density at radius 1 is 1.26 bits per heavy atom. The average molecular weight is 342 g/mol. The van der Waals surface area contributed by atoms with Gasteiger partial charge in [-0.15, -0.1) is 0 Å². The first-order valence-electron chi connectivity index (χ1n) is 8.87. The van der Waals surface area contributed by atoms with Gasteiger partial charge >= 0.3 is 0 Å². The zero-order chi connectivity index (χ0) is 17.0. The molecule has 2 rings (SSSR count). The van der Waals surface area contributed by atoms with Crippen LogP contribution in [0, 0.1) is 0 Å². The van der Waals surface area contributed by atoms with E-state index in [1.54, 1.807) is 6.92 Å². The maximum absolute atomic E-state index is 11.7. The minimum absolute atomic E-state index is 0.180. The molecule has 0 spiro atoms. The number of aryl methyl sites for hydroxylation is 2. The quantitative estimate of drug-likeness (QED) is 0.764. The number of hydrogen-bond acceptors (Lipinski definition) is 4. The summed E-state index contributed by atoms with van der Waals surface area (Å²) in [6.07, 6.45) is 5.35. The van der Waals surface area contributed by atoms with Crippen molar-refractivity contribution in [2.75, 3.05) is 24.6 Å². The van der Waals surface area contributed by atoms with Gasteiger partial charge in [-0.1, -0.05) is 13.8 Å². The zero-order valence-electron chi connectivity index (χ0n) is 15.0. The fourth-order valence-corrected chi connectivity index (χ4v) is 4.06. The van der Waals surface area contributed by atoms with Gasteiger partial charge in [-0.05, 0) is 57.7 Å². The molecule has 132 valence electrons. The molecule has 23 heavy (non-hydrogen) atoms. The van der Waals surface area contributed by atoms with Gasteiger partial charge in [0.15, 0.2) is 9.84 Å². The van der Waals surface area contributed by atoms with Crippen molar-refractivity contribution in [3.63, 3.8) is 0 Å². The van der Waals surface area contributed by atoms with Gasteiger partial charge < -0.3 is 4.90 Å². The van der Waals surface area contributed by atoms with Gasteiger partial charge in [0, 0.05) is 18.0 Å². The highest BCUT2D eigenvalue weighted by atomic mass is 32.2. The summed E-state index contributed by atoms with van der Waals surface area (Å²) in [5.74, 6) is 0.950. The van der Waals surface area contributed by atoms with Crippen molar-refractivity contribution in [1.29, 1.82) is 0 Å². The average Bonchev–Trinajstić information content (AvgIpc) is 2.96. The topological polar surface area (TPSA) is 55.2 Å². The maximum Gasteiger partial charge on any atom is 0.151 e. The zero-order valence-corrected chi connectivity index (χ0v) is 15.8. The van der Waals surface area contributed by atoms with Crippen molar-refractivity contribution in [2.45, 2.75) is 65.5 Å². The molecule has 0 saturated carbocycles. The van der Waals surface area contributed by atoms with Gasteiger partial charge in [0.05, 0.1) is 18.0 Å². The van der Waals surface area contributed by atoms with E-state index >= 15 is 0 Å². The van der Waals surface area contributed by atoms with Gasteiger partial charge in [0.1, 0.15) is 0 Å². The van der Waals surface area contributed by atoms with Gasteiger partial charge in [-0.3, -0.25) is 4.68 Å². The lowest BCUT2D eigenvalue weighted by Gasteiger charge is -2.34. The molecule has 1 aromatic rings. The number of aromatic nitrogens is 2. The smallest absolute Gasteiger partial charge is 0.151 e. The van der Waals surface area contributed by atoms with Crippen molar-refractivity contribution in [3.8, 4) is 0 Å². The first kappa shape index (κ1) is 18.5. The predicted octanol–water partition coefficient (Wildman–Crippen LogP) is 2.47. The summed E-state index contributed by atoms with van der Waals surface area (Å²) in [6.45, 7) is 11.1. The van der Waals surface area contributed by atoms with Gasteiger partial charge in [0.2, 0.25) is 0 Å². The molecule has 1 aliphatic heterocycles. The largest absolute Gasteiger partial charge is 0.301 e. The second-order valence-corrected chi connectivity index (χ2v) is 9.26. The van der Waals surface area contributed by atoms with Crippen molar-refractivity contribution in [1.82, 2.24) is 14.7 Å². The van der Waals surface area contributed by atoms with Crippen LogP contribution in [0.4, 0.5) is 0 Å². The van der Waals surface area contributed by atoms with E-state index in [1.165, 1.54) is 18.4 Å². The molecule has 1 saturated heterocycles. The lowest BCUT2D eigenvalue weighted by Crippen LogP contribution is -2.37. The predicted molar refractivity (Wildman–Crippen MR) is 94.6 cm³/mol. The molecule has 6 heteroatoms. The Morgan fingerprint density at radius 2 is 1.91 bits per heavy atom. The Morgan fingerprint density at radius 3 is 2.43 bits per heavy atom. The number of piperidine rings is 1. The van der Waals surface area contributed by atoms with Gasteiger partial charge in [0.25, 0.3) is 0 Å². The Hall–Kier alpha value is -0.880. The molecule has 0 amide bonds. The highest BCUT2D eigenvalue weighted by Crippen LogP contribution is 2.31. The molecular formula is C17H31N3O2S. The van der Waals surface area contributed by atoms with E-state index in [0.29, 0.717) is 18.5 Å². The molecule has 1 fully saturated rings. The molecule has 0 unspecified atom stereocenters. The molecule has 0 aromatic carbocycles. The Kier molecular flexibility index (Phi) is 6.26. The molecule has 5 nitrogen and oxygen atoms in total. The number of sulfone groups is 1. The first-order valence-corrected chi connectivity index (χ1v) is 10.7. The monoisotopic (exact) mass is 341 g/mol. The SMILES string of the molecule is CCc1nn(CCS(=O)(=O)CC)cc1C1CCN(C(C)C)CC1. The number of nitrogens with zero attached hydrogens (tertiary/aromatic N) is 3. The van der Waals surface area contributed by atoms with Crippen molar-refractivity contribution >= 4 is 9.84 Å². The summed E-state index contributed by atoms with van der Waals surface area (Å²) >= 11 is 0. The van der Waals surface area contributed by atoms with Crippen molar-refractivity contribution in [2.24, 2.45) is 0 Å². The van der Waals surface area contributed by atoms with Crippen LogP contribution in [-0.4, -0.2) is 53.7 Å². The molecular weight excluding hydrogens is 310 g/mol. The van der Waals surface area contributed by atoms with Crippen molar-refractivity contribution in [3.05, 3.63) is 17.5 Å². The Labute approximate surface area is 141 Å². The highest BCUT2D eigenvalue weighted by Gasteiger charge is 2.25. The lowest BCUT2D eigenvalue weighted by molar-refractivity contribution is 0.171. The molecule has 1 aliphatic rings. The molecule has 0 bridgehead atoms. The van der Waals surface area contributed by atoms with Gasteiger partial charge in [-0.25, -0.2) is 8.42 Å². The molecule has 0 radical (unpaired) electrons. The fraction of sp³-hybridized carbons (Fsp3) is 0.824. The summed E-state index contributed by atoms with van der Waals surface area (Å²) in [7, 11) is -2.94. The van der Waals surface area contributed by atoms with Crippen LogP contribution in [0.2, 0.25) is 0 Å². The maximum atomic E-state index is 11.7. The summed E-state index contributed by atoms with van der Waals surface area (Å²) in [4.78, 5) is 2.53. The molecule has 0 aliphatic carbocycles. The van der Waals surface area contributed by atoms with Crippen LogP contribution in [0.25, 0.3) is 0 Å². The minimum Gasteiger partial charge on any atom is -0.301 e. The van der Waals surface area contributed by atoms with E-state index in [1.807, 2.05) is 4.68 Å². The fourth-order valence-electron chi connectivity index (χ4n) is 3.31. The summed E-state index contributed by atoms with van der Waals surface area (Å²) in [5.41, 5.74) is 2.48. The third-order valence-electron chi connectivity index (χ3n) is 4.98. The second-order valence-electron chi connectivity index (χ2n) is 6.79. The van der Waals surface area contributed by atoms with E-state index in [0.717, 1.165) is 25.2 Å². The van der Waals surface area contributed by atoms with Gasteiger partial charge in [-0.2, -0.15) is 5.10 Å². The van der Waals surface area contributed by atoms with Crippen LogP contribution < -0.4 is 0 Å². The van der Waals surface area contributed by atoms with Crippen molar-refractivity contribution < 1.29 is 8.42 Å². The summed E-state index contributed by atoms with van der Waals surface area (Å²) in [6, 6.07) is 0.614. The first-order chi connectivity index (χ1) is 10.9. The normalized spacial score (nSPS) is 18.0. The minimum atomic E-state index is -2.94. The Balaban J connectivity index is 2.05. The van der Waals surface area contributed by atoms with Crippen LogP contribution in [0.1, 0.15) is 57.7 Å². The third kappa shape index (κ3) is 4.80. The van der Waals surface area contributed by atoms with Crippen LogP contribution in [0.15, 0.2) is 6.20 Å². The number of likely N-dealkylation sites (tertiary alicyclic amines) is 1. The Bertz CT molecular complexity index is 599. The third-order valence-corrected chi connectivity index (χ3v) is 6.66. The van der Waals surface area contributed by atoms with E-state index < -0.39 is 9.84 Å². The van der Waals surface area contributed by atoms with Crippen LogP contribution in [0.3, 0.4) is 0 Å². The molecule has 0 N–H and O–H groups in total. The van der Waals surface area contributed by atoms with E-state index in [4.69, 9.17) is 0 Å². The number of rotatable bonds is 7. The van der Waals surface area contributed by atoms with E-state index in [2.05, 4.69) is 37.0 Å². The van der Waals surface area contributed by atoms with E-state index in [9.17, 15) is 8.42 Å². The molecule has 1 aromatic heterocycles. The molecule has 0 atom stereocenters. The lowest BCUT2D eigenvalue weighted by atomic mass is 9.89. The standard InChI is InChI=1S/C17H31N3O2S/c1-5-17-16(15-7-9-19(10-8-15)14(3)4)13-20(18-17)11-12-23(21,22)6-2/h13-15H,5-12H2,1-4H3. The molecule has 2 heterocycles. The summed E-state index contributed by atoms with van der Waals surface area (Å²) < 4.78 is 25.2. The van der Waals surface area contributed by atoms with E-state index in [-0.39, 0.29) is 11.5 Å². The number of hydrogen-bond donors (Lipinski definition) is 0. The summed E-state index contributed by atoms with van der Waals surface area (Å²) in [5, 5.41) is 4.63. The van der Waals surface area contributed by atoms with Crippen LogP contribution in [-0.2, 0) is 22.8 Å².